The summed E-state index contributed by atoms with van der Waals surface area (Å²) >= 11 is 0. The molecule has 3 rings (SSSR count). The Morgan fingerprint density at radius 3 is 2.33 bits per heavy atom. The van der Waals surface area contributed by atoms with Crippen LogP contribution in [0.4, 0.5) is 5.69 Å². The van der Waals surface area contributed by atoms with Crippen LogP contribution in [0.25, 0.3) is 0 Å². The van der Waals surface area contributed by atoms with Crippen molar-refractivity contribution >= 4 is 27.6 Å². The topological polar surface area (TPSA) is 92.8 Å². The number of nitrogens with one attached hydrogen (secondary N) is 1. The van der Waals surface area contributed by atoms with Crippen LogP contribution in [0, 0.1) is 11.8 Å². The summed E-state index contributed by atoms with van der Waals surface area (Å²) in [7, 11) is -3.78. The van der Waals surface area contributed by atoms with Crippen molar-refractivity contribution in [2.45, 2.75) is 51.0 Å². The molecule has 2 aromatic carbocycles. The highest BCUT2D eigenvalue weighted by Gasteiger charge is 2.28. The average molecular weight is 473 g/mol. The van der Waals surface area contributed by atoms with Crippen LogP contribution in [-0.4, -0.2) is 39.5 Å². The lowest BCUT2D eigenvalue weighted by atomic mass is 9.78. The van der Waals surface area contributed by atoms with Gasteiger partial charge in [-0.2, -0.15) is 0 Å². The Hall–Kier alpha value is -2.87. The van der Waals surface area contributed by atoms with Gasteiger partial charge in [-0.1, -0.05) is 44.9 Å². The average Bonchev–Trinajstić information content (AvgIpc) is 2.81. The fourth-order valence-corrected chi connectivity index (χ4v) is 5.70. The van der Waals surface area contributed by atoms with E-state index in [4.69, 9.17) is 4.74 Å². The molecule has 178 valence electrons. The summed E-state index contributed by atoms with van der Waals surface area (Å²) < 4.78 is 32.6. The second-order valence-corrected chi connectivity index (χ2v) is 10.4. The van der Waals surface area contributed by atoms with Gasteiger partial charge in [0.05, 0.1) is 16.1 Å². The summed E-state index contributed by atoms with van der Waals surface area (Å²) in [6, 6.07) is 14.5. The van der Waals surface area contributed by atoms with Crippen LogP contribution >= 0.6 is 0 Å². The number of anilines is 1. The van der Waals surface area contributed by atoms with E-state index >= 15 is 0 Å². The van der Waals surface area contributed by atoms with Gasteiger partial charge < -0.3 is 10.1 Å². The van der Waals surface area contributed by atoms with E-state index in [2.05, 4.69) is 19.2 Å². The summed E-state index contributed by atoms with van der Waals surface area (Å²) in [5.74, 6) is -0.0668. The molecule has 1 fully saturated rings. The van der Waals surface area contributed by atoms with Gasteiger partial charge in [0.2, 0.25) is 0 Å². The first-order valence-electron chi connectivity index (χ1n) is 11.4. The predicted molar refractivity (Wildman–Crippen MR) is 127 cm³/mol. The number of carbonyl (C=O) groups is 2. The maximum absolute atomic E-state index is 13.1. The Balaban J connectivity index is 1.60. The number of hydrogen-bond acceptors (Lipinski definition) is 5. The second kappa shape index (κ2) is 10.8. The van der Waals surface area contributed by atoms with Crippen molar-refractivity contribution < 1.29 is 22.7 Å². The zero-order chi connectivity index (χ0) is 24.0. The molecule has 0 heterocycles. The molecule has 8 heteroatoms. The number of ether oxygens (including phenoxy) is 1. The van der Waals surface area contributed by atoms with Crippen molar-refractivity contribution in [1.29, 1.82) is 0 Å². The Bertz CT molecular complexity index is 1050. The molecule has 7 nitrogen and oxygen atoms in total. The fraction of sp³-hybridized carbons (Fsp3) is 0.440. The van der Waals surface area contributed by atoms with Crippen molar-refractivity contribution in [3.05, 3.63) is 60.2 Å². The molecule has 1 amide bonds. The number of carbonyl (C=O) groups excluding carboxylic acids is 2. The molecule has 1 aliphatic carbocycles. The quantitative estimate of drug-likeness (QED) is 0.586. The standard InChI is InChI=1S/C25H32N2O5S/c1-4-27(21-10-6-5-7-11-21)33(30,31)22-15-13-20(14-16-22)25(29)32-17-24(28)26-23-12-8-9-18(2)19(23)3/h5-7,10-11,13-16,18-19,23H,4,8-9,12,17H2,1-3H3,(H,26,28)/t18-,19-,23-/m0/s1. The second-order valence-electron chi connectivity index (χ2n) is 8.55. The summed E-state index contributed by atoms with van der Waals surface area (Å²) in [6.07, 6.45) is 3.17. The first-order valence-corrected chi connectivity index (χ1v) is 12.8. The lowest BCUT2D eigenvalue weighted by Crippen LogP contribution is -2.45. The number of nitrogens with zero attached hydrogens (tertiary/aromatic N) is 1. The molecule has 0 unspecified atom stereocenters. The van der Waals surface area contributed by atoms with Crippen molar-refractivity contribution in [3.8, 4) is 0 Å². The highest BCUT2D eigenvalue weighted by molar-refractivity contribution is 7.92. The number of hydrogen-bond donors (Lipinski definition) is 1. The minimum Gasteiger partial charge on any atom is -0.452 e. The molecule has 0 aliphatic heterocycles. The van der Waals surface area contributed by atoms with Gasteiger partial charge in [-0.25, -0.2) is 13.2 Å². The van der Waals surface area contributed by atoms with E-state index in [-0.39, 0.29) is 35.6 Å². The monoisotopic (exact) mass is 472 g/mol. The highest BCUT2D eigenvalue weighted by atomic mass is 32.2. The number of sulfonamides is 1. The first-order chi connectivity index (χ1) is 15.7. The molecule has 0 aromatic heterocycles. The molecule has 0 radical (unpaired) electrons. The van der Waals surface area contributed by atoms with Crippen LogP contribution in [0.1, 0.15) is 50.4 Å². The van der Waals surface area contributed by atoms with Crippen LogP contribution in [0.5, 0.6) is 0 Å². The number of amides is 1. The van der Waals surface area contributed by atoms with E-state index in [1.807, 2.05) is 6.07 Å². The van der Waals surface area contributed by atoms with Gasteiger partial charge in [0.1, 0.15) is 0 Å². The van der Waals surface area contributed by atoms with Crippen molar-refractivity contribution in [2.24, 2.45) is 11.8 Å². The van der Waals surface area contributed by atoms with E-state index in [1.54, 1.807) is 31.2 Å². The van der Waals surface area contributed by atoms with E-state index in [9.17, 15) is 18.0 Å². The van der Waals surface area contributed by atoms with Crippen molar-refractivity contribution in [3.63, 3.8) is 0 Å². The fourth-order valence-electron chi connectivity index (χ4n) is 4.22. The summed E-state index contributed by atoms with van der Waals surface area (Å²) in [6.45, 7) is 5.98. The van der Waals surface area contributed by atoms with Gasteiger partial charge in [0.25, 0.3) is 15.9 Å². The number of benzene rings is 2. The minimum absolute atomic E-state index is 0.0721. The smallest absolute Gasteiger partial charge is 0.338 e. The highest BCUT2D eigenvalue weighted by Crippen LogP contribution is 2.29. The van der Waals surface area contributed by atoms with Gasteiger partial charge >= 0.3 is 5.97 Å². The Kier molecular flexibility index (Phi) is 8.13. The molecule has 1 aliphatic rings. The molecule has 0 spiro atoms. The third-order valence-electron chi connectivity index (χ3n) is 6.40. The maximum Gasteiger partial charge on any atom is 0.338 e. The third-order valence-corrected chi connectivity index (χ3v) is 8.31. The lowest BCUT2D eigenvalue weighted by Gasteiger charge is -2.34. The zero-order valence-corrected chi connectivity index (χ0v) is 20.2. The number of rotatable bonds is 8. The molecular weight excluding hydrogens is 440 g/mol. The predicted octanol–water partition coefficient (Wildman–Crippen LogP) is 4.00. The van der Waals surface area contributed by atoms with Gasteiger partial charge in [-0.3, -0.25) is 9.10 Å². The summed E-state index contributed by atoms with van der Waals surface area (Å²) in [5, 5.41) is 2.97. The van der Waals surface area contributed by atoms with Gasteiger partial charge in [-0.05, 0) is 61.6 Å². The number of esters is 1. The summed E-state index contributed by atoms with van der Waals surface area (Å²) in [4.78, 5) is 24.7. The summed E-state index contributed by atoms with van der Waals surface area (Å²) in [5.41, 5.74) is 0.750. The van der Waals surface area contributed by atoms with Crippen LogP contribution in [-0.2, 0) is 19.6 Å². The van der Waals surface area contributed by atoms with Crippen LogP contribution in [0.2, 0.25) is 0 Å². The zero-order valence-electron chi connectivity index (χ0n) is 19.4. The van der Waals surface area contributed by atoms with Gasteiger partial charge in [0.15, 0.2) is 6.61 Å². The maximum atomic E-state index is 13.1. The van der Waals surface area contributed by atoms with Crippen molar-refractivity contribution in [1.82, 2.24) is 5.32 Å². The minimum atomic E-state index is -3.78. The molecule has 0 saturated heterocycles. The van der Waals surface area contributed by atoms with E-state index in [1.165, 1.54) is 28.6 Å². The van der Waals surface area contributed by atoms with Crippen LogP contribution in [0.15, 0.2) is 59.5 Å². The Morgan fingerprint density at radius 2 is 1.70 bits per heavy atom. The SMILES string of the molecule is CCN(c1ccccc1)S(=O)(=O)c1ccc(C(=O)OCC(=O)N[C@H]2CCC[C@H](C)[C@@H]2C)cc1. The van der Waals surface area contributed by atoms with Gasteiger partial charge in [0, 0.05) is 12.6 Å². The number of para-hydroxylation sites is 1. The molecular formula is C25H32N2O5S. The van der Waals surface area contributed by atoms with E-state index in [0.29, 0.717) is 17.5 Å². The van der Waals surface area contributed by atoms with E-state index < -0.39 is 16.0 Å². The van der Waals surface area contributed by atoms with Crippen molar-refractivity contribution in [2.75, 3.05) is 17.5 Å². The molecule has 1 saturated carbocycles. The molecule has 0 bridgehead atoms. The lowest BCUT2D eigenvalue weighted by molar-refractivity contribution is -0.125. The van der Waals surface area contributed by atoms with Gasteiger partial charge in [-0.15, -0.1) is 0 Å². The Morgan fingerprint density at radius 1 is 1.03 bits per heavy atom. The van der Waals surface area contributed by atoms with Crippen LogP contribution in [0.3, 0.4) is 0 Å². The molecule has 2 aromatic rings. The largest absolute Gasteiger partial charge is 0.452 e. The molecule has 1 N–H and O–H groups in total. The van der Waals surface area contributed by atoms with E-state index in [0.717, 1.165) is 19.3 Å². The first kappa shape index (κ1) is 24.8. The van der Waals surface area contributed by atoms with Crippen LogP contribution < -0.4 is 9.62 Å². The third kappa shape index (κ3) is 5.93. The molecule has 3 atom stereocenters. The molecule has 33 heavy (non-hydrogen) atoms. The normalized spacial score (nSPS) is 20.6. The Labute approximate surface area is 196 Å².